The Balaban J connectivity index is 1.77. The molecule has 4 atom stereocenters. The summed E-state index contributed by atoms with van der Waals surface area (Å²) in [6.45, 7) is 0.819. The maximum atomic E-state index is 9.74. The molecule has 0 spiro atoms. The Bertz CT molecular complexity index is 359. The van der Waals surface area contributed by atoms with Gasteiger partial charge in [0.15, 0.2) is 6.10 Å². The Morgan fingerprint density at radius 3 is 2.56 bits per heavy atom. The lowest BCUT2D eigenvalue weighted by molar-refractivity contribution is -0.739. The van der Waals surface area contributed by atoms with Crippen LogP contribution < -0.4 is 5.32 Å². The monoisotopic (exact) mass is 254 g/mol. The molecule has 1 fully saturated rings. The molecule has 5 nitrogen and oxygen atoms in total. The minimum atomic E-state index is -1.13. The van der Waals surface area contributed by atoms with Gasteiger partial charge < -0.3 is 25.4 Å². The number of aliphatic hydroxyl groups is 3. The molecule has 0 bridgehead atoms. The summed E-state index contributed by atoms with van der Waals surface area (Å²) in [6, 6.07) is 10.0. The highest BCUT2D eigenvalue weighted by Gasteiger charge is 2.39. The molecule has 2 rings (SSSR count). The number of aliphatic hydroxyl groups excluding tert-OH is 3. The van der Waals surface area contributed by atoms with Gasteiger partial charge in [-0.05, 0) is 5.56 Å². The van der Waals surface area contributed by atoms with Crippen LogP contribution in [0.3, 0.4) is 0 Å². The van der Waals surface area contributed by atoms with Crippen molar-refractivity contribution in [3.05, 3.63) is 35.9 Å². The Kier molecular flexibility index (Phi) is 4.68. The van der Waals surface area contributed by atoms with Crippen LogP contribution in [0.1, 0.15) is 5.56 Å². The van der Waals surface area contributed by atoms with Crippen LogP contribution in [0.15, 0.2) is 30.3 Å². The number of quaternary nitrogens is 1. The van der Waals surface area contributed by atoms with Crippen LogP contribution >= 0.6 is 0 Å². The fraction of sp³-hybridized carbons (Fsp3) is 0.538. The van der Waals surface area contributed by atoms with Crippen molar-refractivity contribution in [2.45, 2.75) is 31.0 Å². The summed E-state index contributed by atoms with van der Waals surface area (Å²) in [5, 5.41) is 30.4. The summed E-state index contributed by atoms with van der Waals surface area (Å²) in [5.41, 5.74) is 1.22. The molecule has 1 aromatic rings. The van der Waals surface area contributed by atoms with Gasteiger partial charge in [-0.2, -0.15) is 0 Å². The van der Waals surface area contributed by atoms with Crippen LogP contribution in [0.2, 0.25) is 0 Å². The van der Waals surface area contributed by atoms with Crippen LogP contribution in [0.4, 0.5) is 0 Å². The highest BCUT2D eigenvalue weighted by atomic mass is 16.5. The van der Waals surface area contributed by atoms with Gasteiger partial charge in [0, 0.05) is 6.42 Å². The molecule has 0 aliphatic carbocycles. The normalized spacial score (nSPS) is 32.4. The maximum absolute atomic E-state index is 9.74. The molecule has 5 N–H and O–H groups in total. The van der Waals surface area contributed by atoms with Gasteiger partial charge in [0.1, 0.15) is 12.2 Å². The van der Waals surface area contributed by atoms with Crippen LogP contribution in [0.25, 0.3) is 0 Å². The third kappa shape index (κ3) is 3.28. The zero-order valence-electron chi connectivity index (χ0n) is 10.1. The number of hydrogen-bond acceptors (Lipinski definition) is 4. The van der Waals surface area contributed by atoms with Crippen molar-refractivity contribution >= 4 is 0 Å². The van der Waals surface area contributed by atoms with E-state index in [9.17, 15) is 15.3 Å². The molecule has 1 aromatic carbocycles. The molecule has 18 heavy (non-hydrogen) atoms. The van der Waals surface area contributed by atoms with Gasteiger partial charge >= 0.3 is 0 Å². The van der Waals surface area contributed by atoms with E-state index < -0.39 is 24.5 Å². The zero-order valence-corrected chi connectivity index (χ0v) is 10.1. The molecule has 1 saturated heterocycles. The minimum absolute atomic E-state index is 0.0602. The van der Waals surface area contributed by atoms with Gasteiger partial charge in [0.2, 0.25) is 6.23 Å². The average Bonchev–Trinajstić information content (AvgIpc) is 2.40. The number of benzene rings is 1. The molecular formula is C13H20NO4+. The highest BCUT2D eigenvalue weighted by molar-refractivity contribution is 5.14. The molecule has 0 saturated carbocycles. The molecule has 1 aliphatic heterocycles. The first-order chi connectivity index (χ1) is 8.68. The van der Waals surface area contributed by atoms with E-state index in [-0.39, 0.29) is 6.61 Å². The van der Waals surface area contributed by atoms with Gasteiger partial charge in [-0.3, -0.25) is 0 Å². The van der Waals surface area contributed by atoms with Gasteiger partial charge in [0.25, 0.3) is 0 Å². The van der Waals surface area contributed by atoms with E-state index in [4.69, 9.17) is 4.74 Å². The van der Waals surface area contributed by atoms with Gasteiger partial charge in [-0.15, -0.1) is 0 Å². The highest BCUT2D eigenvalue weighted by Crippen LogP contribution is 2.11. The third-order valence-corrected chi connectivity index (χ3v) is 3.21. The first kappa shape index (κ1) is 13.5. The van der Waals surface area contributed by atoms with E-state index in [1.54, 1.807) is 0 Å². The lowest BCUT2D eigenvalue weighted by atomic mass is 10.0. The number of rotatable bonds is 4. The summed E-state index contributed by atoms with van der Waals surface area (Å²) in [4.78, 5) is 0. The molecular weight excluding hydrogens is 234 g/mol. The van der Waals surface area contributed by atoms with Crippen LogP contribution in [0, 0.1) is 0 Å². The molecule has 0 amide bonds. The fourth-order valence-corrected chi connectivity index (χ4v) is 2.10. The number of hydrogen-bond donors (Lipinski definition) is 4. The van der Waals surface area contributed by atoms with Crippen molar-refractivity contribution in [1.29, 1.82) is 0 Å². The van der Waals surface area contributed by atoms with E-state index in [1.807, 2.05) is 35.6 Å². The Labute approximate surface area is 106 Å². The van der Waals surface area contributed by atoms with E-state index in [1.165, 1.54) is 5.56 Å². The first-order valence-electron chi connectivity index (χ1n) is 6.21. The maximum Gasteiger partial charge on any atom is 0.219 e. The summed E-state index contributed by atoms with van der Waals surface area (Å²) < 4.78 is 5.30. The van der Waals surface area contributed by atoms with Gasteiger partial charge in [0.05, 0.1) is 13.2 Å². The summed E-state index contributed by atoms with van der Waals surface area (Å²) in [6.07, 6.45) is -2.82. The van der Waals surface area contributed by atoms with Gasteiger partial charge in [-0.1, -0.05) is 30.3 Å². The summed E-state index contributed by atoms with van der Waals surface area (Å²) >= 11 is 0. The minimum Gasteiger partial charge on any atom is -0.388 e. The van der Waals surface area contributed by atoms with E-state index in [0.717, 1.165) is 13.0 Å². The van der Waals surface area contributed by atoms with E-state index in [2.05, 4.69) is 0 Å². The SMILES string of the molecule is O[C@H]1[C@H](O)[C@@H]([NH2+]CCc2ccccc2)OC[C@H]1O. The molecule has 0 radical (unpaired) electrons. The molecule has 0 unspecified atom stereocenters. The lowest BCUT2D eigenvalue weighted by Crippen LogP contribution is -2.95. The van der Waals surface area contributed by atoms with Gasteiger partial charge in [-0.25, -0.2) is 0 Å². The molecule has 1 aliphatic rings. The Morgan fingerprint density at radius 2 is 1.83 bits per heavy atom. The predicted octanol–water partition coefficient (Wildman–Crippen LogP) is -1.77. The van der Waals surface area contributed by atoms with Crippen molar-refractivity contribution in [1.82, 2.24) is 0 Å². The second-order valence-electron chi connectivity index (χ2n) is 4.61. The van der Waals surface area contributed by atoms with Crippen molar-refractivity contribution in [3.8, 4) is 0 Å². The van der Waals surface area contributed by atoms with Crippen LogP contribution in [0.5, 0.6) is 0 Å². The van der Waals surface area contributed by atoms with E-state index in [0.29, 0.717) is 0 Å². The average molecular weight is 254 g/mol. The van der Waals surface area contributed by atoms with Crippen molar-refractivity contribution < 1.29 is 25.4 Å². The molecule has 1 heterocycles. The molecule has 0 aromatic heterocycles. The first-order valence-corrected chi connectivity index (χ1v) is 6.21. The number of nitrogens with two attached hydrogens (primary N) is 1. The topological polar surface area (TPSA) is 86.5 Å². The second-order valence-corrected chi connectivity index (χ2v) is 4.61. The Hall–Kier alpha value is -0.980. The van der Waals surface area contributed by atoms with E-state index >= 15 is 0 Å². The molecule has 100 valence electrons. The summed E-state index contributed by atoms with van der Waals surface area (Å²) in [5.74, 6) is 0. The standard InChI is InChI=1S/C13H19NO4/c15-10-8-18-13(12(17)11(10)16)14-7-6-9-4-2-1-3-5-9/h1-5,10-17H,6-8H2/p+1/t10-,11-,12+,13+/m1/s1. The zero-order chi connectivity index (χ0) is 13.0. The Morgan fingerprint density at radius 1 is 1.11 bits per heavy atom. The quantitative estimate of drug-likeness (QED) is 0.512. The largest absolute Gasteiger partial charge is 0.388 e. The smallest absolute Gasteiger partial charge is 0.219 e. The number of ether oxygens (including phenoxy) is 1. The van der Waals surface area contributed by atoms with Crippen molar-refractivity contribution in [2.75, 3.05) is 13.2 Å². The lowest BCUT2D eigenvalue weighted by Gasteiger charge is -2.33. The third-order valence-electron chi connectivity index (χ3n) is 3.21. The second kappa shape index (κ2) is 6.26. The van der Waals surface area contributed by atoms with Crippen LogP contribution in [-0.2, 0) is 11.2 Å². The van der Waals surface area contributed by atoms with Crippen molar-refractivity contribution in [2.24, 2.45) is 0 Å². The van der Waals surface area contributed by atoms with Crippen LogP contribution in [-0.4, -0.2) is 53.0 Å². The predicted molar refractivity (Wildman–Crippen MR) is 64.7 cm³/mol. The summed E-state index contributed by atoms with van der Waals surface area (Å²) in [7, 11) is 0. The van der Waals surface area contributed by atoms with Crippen molar-refractivity contribution in [3.63, 3.8) is 0 Å². The fourth-order valence-electron chi connectivity index (χ4n) is 2.10. The molecule has 5 heteroatoms.